The second kappa shape index (κ2) is 10.7. The van der Waals surface area contributed by atoms with E-state index in [1.54, 1.807) is 6.20 Å². The molecule has 0 aliphatic heterocycles. The van der Waals surface area contributed by atoms with E-state index in [1.165, 1.54) is 5.56 Å². The van der Waals surface area contributed by atoms with Crippen molar-refractivity contribution in [2.45, 2.75) is 26.6 Å². The first-order valence-electron chi connectivity index (χ1n) is 8.79. The molecule has 8 heteroatoms. The number of rotatable bonds is 7. The Balaban J connectivity index is 0.00000261. The summed E-state index contributed by atoms with van der Waals surface area (Å²) < 4.78 is 3.79. The zero-order chi connectivity index (χ0) is 18.2. The molecule has 0 unspecified atom stereocenters. The predicted molar refractivity (Wildman–Crippen MR) is 118 cm³/mol. The molecule has 0 atom stereocenters. The lowest BCUT2D eigenvalue weighted by Gasteiger charge is -2.11. The van der Waals surface area contributed by atoms with Crippen LogP contribution in [0.2, 0.25) is 0 Å². The van der Waals surface area contributed by atoms with E-state index < -0.39 is 0 Å². The number of benzene rings is 1. The van der Waals surface area contributed by atoms with Gasteiger partial charge in [0.1, 0.15) is 0 Å². The molecule has 0 radical (unpaired) electrons. The van der Waals surface area contributed by atoms with Gasteiger partial charge >= 0.3 is 0 Å². The van der Waals surface area contributed by atoms with E-state index in [0.29, 0.717) is 13.1 Å². The summed E-state index contributed by atoms with van der Waals surface area (Å²) in [4.78, 5) is 4.64. The number of aryl methyl sites for hydroxylation is 1. The Hall–Kier alpha value is -2.36. The number of hydrogen-bond acceptors (Lipinski definition) is 3. The third-order valence-electron chi connectivity index (χ3n) is 4.00. The summed E-state index contributed by atoms with van der Waals surface area (Å²) in [6.45, 7) is 4.89. The number of halogens is 1. The van der Waals surface area contributed by atoms with Gasteiger partial charge in [0, 0.05) is 31.5 Å². The molecule has 0 saturated heterocycles. The molecule has 0 saturated carbocycles. The summed E-state index contributed by atoms with van der Waals surface area (Å²) in [5.74, 6) is 0.782. The molecule has 2 N–H and O–H groups in total. The van der Waals surface area contributed by atoms with Gasteiger partial charge < -0.3 is 10.6 Å². The fraction of sp³-hybridized carbons (Fsp3) is 0.316. The molecule has 0 fully saturated rings. The van der Waals surface area contributed by atoms with E-state index >= 15 is 0 Å². The van der Waals surface area contributed by atoms with Crippen molar-refractivity contribution in [3.05, 3.63) is 71.8 Å². The Morgan fingerprint density at radius 1 is 1.07 bits per heavy atom. The lowest BCUT2D eigenvalue weighted by atomic mass is 10.2. The molecule has 3 aromatic rings. The lowest BCUT2D eigenvalue weighted by molar-refractivity contribution is 0.683. The number of hydrogen-bond donors (Lipinski definition) is 2. The van der Waals surface area contributed by atoms with Crippen molar-refractivity contribution in [1.82, 2.24) is 30.2 Å². The van der Waals surface area contributed by atoms with Crippen LogP contribution in [0.25, 0.3) is 0 Å². The molecule has 1 aromatic carbocycles. The second-order valence-electron chi connectivity index (χ2n) is 6.03. The minimum absolute atomic E-state index is 0. The minimum Gasteiger partial charge on any atom is -0.357 e. The van der Waals surface area contributed by atoms with Crippen molar-refractivity contribution in [3.8, 4) is 0 Å². The van der Waals surface area contributed by atoms with Gasteiger partial charge in [-0.15, -0.1) is 24.0 Å². The zero-order valence-corrected chi connectivity index (χ0v) is 18.0. The standard InChI is InChI=1S/C19H25N7.HI/c1-3-20-19(22-13-18-9-10-23-25(18)2)21-11-17-12-24-26(15-17)14-16-7-5-4-6-8-16;/h4-10,12,15H,3,11,13-14H2,1-2H3,(H2,20,21,22);1H. The van der Waals surface area contributed by atoms with Gasteiger partial charge in [0.2, 0.25) is 0 Å². The minimum atomic E-state index is 0. The summed E-state index contributed by atoms with van der Waals surface area (Å²) in [6.07, 6.45) is 5.71. The molecule has 2 heterocycles. The van der Waals surface area contributed by atoms with Crippen molar-refractivity contribution >= 4 is 29.9 Å². The summed E-state index contributed by atoms with van der Waals surface area (Å²) in [7, 11) is 1.93. The molecule has 27 heavy (non-hydrogen) atoms. The van der Waals surface area contributed by atoms with E-state index in [-0.39, 0.29) is 24.0 Å². The van der Waals surface area contributed by atoms with Gasteiger partial charge in [-0.05, 0) is 18.6 Å². The van der Waals surface area contributed by atoms with Crippen LogP contribution < -0.4 is 10.6 Å². The topological polar surface area (TPSA) is 72.1 Å². The second-order valence-corrected chi connectivity index (χ2v) is 6.03. The van der Waals surface area contributed by atoms with Gasteiger partial charge in [-0.2, -0.15) is 10.2 Å². The number of aromatic nitrogens is 4. The first-order valence-corrected chi connectivity index (χ1v) is 8.79. The van der Waals surface area contributed by atoms with Crippen LogP contribution in [0.4, 0.5) is 0 Å². The normalized spacial score (nSPS) is 11.1. The van der Waals surface area contributed by atoms with Crippen LogP contribution in [0, 0.1) is 0 Å². The van der Waals surface area contributed by atoms with Crippen LogP contribution in [0.1, 0.15) is 23.7 Å². The quantitative estimate of drug-likeness (QED) is 0.311. The highest BCUT2D eigenvalue weighted by Gasteiger charge is 2.03. The average molecular weight is 479 g/mol. The molecular weight excluding hydrogens is 453 g/mol. The number of nitrogens with zero attached hydrogens (tertiary/aromatic N) is 5. The average Bonchev–Trinajstić information content (AvgIpc) is 3.27. The highest BCUT2D eigenvalue weighted by Crippen LogP contribution is 2.05. The molecule has 2 aromatic heterocycles. The van der Waals surface area contributed by atoms with Crippen LogP contribution in [0.3, 0.4) is 0 Å². The lowest BCUT2D eigenvalue weighted by Crippen LogP contribution is -2.37. The third-order valence-corrected chi connectivity index (χ3v) is 4.00. The van der Waals surface area contributed by atoms with Gasteiger partial charge in [-0.3, -0.25) is 9.36 Å². The van der Waals surface area contributed by atoms with Crippen LogP contribution in [-0.2, 0) is 26.7 Å². The highest BCUT2D eigenvalue weighted by molar-refractivity contribution is 14.0. The Morgan fingerprint density at radius 2 is 1.89 bits per heavy atom. The smallest absolute Gasteiger partial charge is 0.191 e. The molecule has 0 spiro atoms. The van der Waals surface area contributed by atoms with Crippen molar-refractivity contribution in [2.75, 3.05) is 6.54 Å². The molecule has 0 amide bonds. The SMILES string of the molecule is CCNC(=NCc1cnn(Cc2ccccc2)c1)NCc1ccnn1C.I. The van der Waals surface area contributed by atoms with Crippen molar-refractivity contribution < 1.29 is 0 Å². The summed E-state index contributed by atoms with van der Waals surface area (Å²) >= 11 is 0. The van der Waals surface area contributed by atoms with Gasteiger partial charge in [0.25, 0.3) is 0 Å². The number of aliphatic imine (C=N–C) groups is 1. The molecule has 3 rings (SSSR count). The van der Waals surface area contributed by atoms with Crippen LogP contribution >= 0.6 is 24.0 Å². The van der Waals surface area contributed by atoms with Gasteiger partial charge in [0.05, 0.1) is 31.5 Å². The van der Waals surface area contributed by atoms with E-state index in [2.05, 4.69) is 44.9 Å². The molecule has 144 valence electrons. The number of nitrogens with one attached hydrogen (secondary N) is 2. The van der Waals surface area contributed by atoms with Gasteiger partial charge in [-0.1, -0.05) is 30.3 Å². The van der Waals surface area contributed by atoms with Crippen molar-refractivity contribution in [1.29, 1.82) is 0 Å². The Morgan fingerprint density at radius 3 is 2.59 bits per heavy atom. The molecular formula is C19H26IN7. The summed E-state index contributed by atoms with van der Waals surface area (Å²) in [5, 5.41) is 15.2. The summed E-state index contributed by atoms with van der Waals surface area (Å²) in [5.41, 5.74) is 3.42. The van der Waals surface area contributed by atoms with Gasteiger partial charge in [0.15, 0.2) is 5.96 Å². The van der Waals surface area contributed by atoms with E-state index in [4.69, 9.17) is 0 Å². The Bertz CT molecular complexity index is 839. The molecule has 7 nitrogen and oxygen atoms in total. The number of guanidine groups is 1. The largest absolute Gasteiger partial charge is 0.357 e. The van der Waals surface area contributed by atoms with E-state index in [0.717, 1.165) is 30.3 Å². The fourth-order valence-corrected chi connectivity index (χ4v) is 2.61. The van der Waals surface area contributed by atoms with Gasteiger partial charge in [-0.25, -0.2) is 4.99 Å². The Labute approximate surface area is 176 Å². The maximum absolute atomic E-state index is 4.64. The zero-order valence-electron chi connectivity index (χ0n) is 15.7. The molecule has 0 bridgehead atoms. The summed E-state index contributed by atoms with van der Waals surface area (Å²) in [6, 6.07) is 12.3. The van der Waals surface area contributed by atoms with Crippen LogP contribution in [-0.4, -0.2) is 32.1 Å². The van der Waals surface area contributed by atoms with E-state index in [1.807, 2.05) is 53.1 Å². The monoisotopic (exact) mass is 479 g/mol. The Kier molecular flexibility index (Phi) is 8.31. The third kappa shape index (κ3) is 6.38. The maximum atomic E-state index is 4.64. The first kappa shape index (κ1) is 20.9. The van der Waals surface area contributed by atoms with E-state index in [9.17, 15) is 0 Å². The first-order chi connectivity index (χ1) is 12.7. The molecule has 0 aliphatic rings. The predicted octanol–water partition coefficient (Wildman–Crippen LogP) is 2.54. The van der Waals surface area contributed by atoms with Crippen LogP contribution in [0.15, 0.2) is 60.0 Å². The van der Waals surface area contributed by atoms with Crippen LogP contribution in [0.5, 0.6) is 0 Å². The molecule has 0 aliphatic carbocycles. The highest BCUT2D eigenvalue weighted by atomic mass is 127. The maximum Gasteiger partial charge on any atom is 0.191 e. The van der Waals surface area contributed by atoms with Crippen molar-refractivity contribution in [2.24, 2.45) is 12.0 Å². The fourth-order valence-electron chi connectivity index (χ4n) is 2.61. The van der Waals surface area contributed by atoms with Crippen molar-refractivity contribution in [3.63, 3.8) is 0 Å².